The molecule has 0 saturated heterocycles. The van der Waals surface area contributed by atoms with Gasteiger partial charge in [0.2, 0.25) is 0 Å². The van der Waals surface area contributed by atoms with Crippen LogP contribution in [0.4, 0.5) is 5.82 Å². The monoisotopic (exact) mass is 327 g/mol. The Morgan fingerprint density at radius 1 is 1.13 bits per heavy atom. The van der Waals surface area contributed by atoms with E-state index in [1.807, 2.05) is 49.4 Å². The first-order chi connectivity index (χ1) is 11.2. The van der Waals surface area contributed by atoms with E-state index < -0.39 is 0 Å². The number of anilines is 1. The molecular formula is C18H18ClN3O. The molecule has 0 radical (unpaired) electrons. The summed E-state index contributed by atoms with van der Waals surface area (Å²) in [6.45, 7) is 3.42. The highest BCUT2D eigenvalue weighted by atomic mass is 35.5. The number of halogens is 1. The van der Waals surface area contributed by atoms with Crippen molar-refractivity contribution in [1.82, 2.24) is 9.97 Å². The van der Waals surface area contributed by atoms with Gasteiger partial charge >= 0.3 is 0 Å². The average Bonchev–Trinajstić information content (AvgIpc) is 2.56. The van der Waals surface area contributed by atoms with Crippen molar-refractivity contribution in [1.29, 1.82) is 0 Å². The quantitative estimate of drug-likeness (QED) is 0.678. The molecule has 0 spiro atoms. The number of aryl methyl sites for hydroxylation is 1. The summed E-state index contributed by atoms with van der Waals surface area (Å²) in [5.41, 5.74) is 1.99. The highest BCUT2D eigenvalue weighted by molar-refractivity contribution is 6.30. The van der Waals surface area contributed by atoms with Crippen LogP contribution in [-0.4, -0.2) is 23.1 Å². The van der Waals surface area contributed by atoms with E-state index in [4.69, 9.17) is 16.3 Å². The molecule has 0 amide bonds. The molecule has 0 unspecified atom stereocenters. The Bertz CT molecular complexity index is 802. The first-order valence-electron chi connectivity index (χ1n) is 7.56. The van der Waals surface area contributed by atoms with Crippen molar-refractivity contribution in [2.75, 3.05) is 18.5 Å². The molecular weight excluding hydrogens is 310 g/mol. The second-order valence-corrected chi connectivity index (χ2v) is 5.71. The summed E-state index contributed by atoms with van der Waals surface area (Å²) < 4.78 is 5.79. The molecule has 0 aliphatic carbocycles. The Morgan fingerprint density at radius 2 is 2.00 bits per heavy atom. The molecule has 2 aromatic carbocycles. The lowest BCUT2D eigenvalue weighted by Crippen LogP contribution is -2.09. The van der Waals surface area contributed by atoms with E-state index in [1.54, 1.807) is 6.33 Å². The van der Waals surface area contributed by atoms with Gasteiger partial charge in [-0.1, -0.05) is 23.7 Å². The van der Waals surface area contributed by atoms with Crippen LogP contribution >= 0.6 is 11.6 Å². The van der Waals surface area contributed by atoms with E-state index in [-0.39, 0.29) is 0 Å². The SMILES string of the molecule is Cc1cc(Cl)ccc1OCCCNc1ncnc2ccccc12. The van der Waals surface area contributed by atoms with Crippen LogP contribution < -0.4 is 10.1 Å². The van der Waals surface area contributed by atoms with Crippen LogP contribution in [0.15, 0.2) is 48.8 Å². The molecule has 3 rings (SSSR count). The molecule has 5 heteroatoms. The van der Waals surface area contributed by atoms with Gasteiger partial charge in [-0.05, 0) is 49.2 Å². The summed E-state index contributed by atoms with van der Waals surface area (Å²) in [5, 5.41) is 5.11. The van der Waals surface area contributed by atoms with Crippen LogP contribution in [0.3, 0.4) is 0 Å². The predicted molar refractivity (Wildman–Crippen MR) is 94.3 cm³/mol. The number of rotatable bonds is 6. The van der Waals surface area contributed by atoms with Crippen molar-refractivity contribution >= 4 is 28.3 Å². The number of para-hydroxylation sites is 1. The maximum Gasteiger partial charge on any atom is 0.137 e. The lowest BCUT2D eigenvalue weighted by atomic mass is 10.2. The van der Waals surface area contributed by atoms with Crippen molar-refractivity contribution in [2.24, 2.45) is 0 Å². The number of nitrogens with one attached hydrogen (secondary N) is 1. The number of benzene rings is 2. The van der Waals surface area contributed by atoms with Gasteiger partial charge in [0.05, 0.1) is 12.1 Å². The zero-order valence-corrected chi connectivity index (χ0v) is 13.7. The number of hydrogen-bond acceptors (Lipinski definition) is 4. The van der Waals surface area contributed by atoms with Crippen LogP contribution in [0, 0.1) is 6.92 Å². The fourth-order valence-electron chi connectivity index (χ4n) is 2.38. The molecule has 3 aromatic rings. The smallest absolute Gasteiger partial charge is 0.137 e. The van der Waals surface area contributed by atoms with Crippen LogP contribution in [-0.2, 0) is 0 Å². The van der Waals surface area contributed by atoms with E-state index in [1.165, 1.54) is 0 Å². The first-order valence-corrected chi connectivity index (χ1v) is 7.94. The zero-order valence-electron chi connectivity index (χ0n) is 12.9. The van der Waals surface area contributed by atoms with Gasteiger partial charge in [-0.3, -0.25) is 0 Å². The number of hydrogen-bond donors (Lipinski definition) is 1. The topological polar surface area (TPSA) is 47.0 Å². The highest BCUT2D eigenvalue weighted by Gasteiger charge is 2.03. The minimum absolute atomic E-state index is 0.637. The Labute approximate surface area is 140 Å². The maximum absolute atomic E-state index is 5.94. The lowest BCUT2D eigenvalue weighted by molar-refractivity contribution is 0.313. The van der Waals surface area contributed by atoms with Gasteiger partial charge in [-0.2, -0.15) is 0 Å². The van der Waals surface area contributed by atoms with Gasteiger partial charge in [-0.25, -0.2) is 9.97 Å². The Hall–Kier alpha value is -2.33. The molecule has 1 aromatic heterocycles. The van der Waals surface area contributed by atoms with E-state index in [0.717, 1.165) is 46.0 Å². The van der Waals surface area contributed by atoms with Crippen LogP contribution in [0.25, 0.3) is 10.9 Å². The van der Waals surface area contributed by atoms with Gasteiger partial charge in [0.1, 0.15) is 17.9 Å². The summed E-state index contributed by atoms with van der Waals surface area (Å²) in [4.78, 5) is 8.56. The first kappa shape index (κ1) is 15.6. The van der Waals surface area contributed by atoms with Crippen molar-refractivity contribution < 1.29 is 4.74 Å². The fraction of sp³-hybridized carbons (Fsp3) is 0.222. The third-order valence-corrected chi connectivity index (χ3v) is 3.79. The lowest BCUT2D eigenvalue weighted by Gasteiger charge is -2.11. The van der Waals surface area contributed by atoms with Crippen molar-refractivity contribution in [3.63, 3.8) is 0 Å². The molecule has 0 bridgehead atoms. The third-order valence-electron chi connectivity index (χ3n) is 3.55. The summed E-state index contributed by atoms with van der Waals surface area (Å²) in [5.74, 6) is 1.74. The van der Waals surface area contributed by atoms with Crippen LogP contribution in [0.2, 0.25) is 5.02 Å². The van der Waals surface area contributed by atoms with Crippen molar-refractivity contribution in [3.05, 3.63) is 59.4 Å². The van der Waals surface area contributed by atoms with E-state index in [2.05, 4.69) is 15.3 Å². The Balaban J connectivity index is 1.51. The van der Waals surface area contributed by atoms with Gasteiger partial charge < -0.3 is 10.1 Å². The predicted octanol–water partition coefficient (Wildman–Crippen LogP) is 4.47. The van der Waals surface area contributed by atoms with Gasteiger partial charge in [0.25, 0.3) is 0 Å². The molecule has 0 saturated carbocycles. The molecule has 118 valence electrons. The summed E-state index contributed by atoms with van der Waals surface area (Å²) >= 11 is 5.94. The molecule has 1 N–H and O–H groups in total. The zero-order chi connectivity index (χ0) is 16.1. The largest absolute Gasteiger partial charge is 0.493 e. The number of nitrogens with zero attached hydrogens (tertiary/aromatic N) is 2. The van der Waals surface area contributed by atoms with Gasteiger partial charge in [-0.15, -0.1) is 0 Å². The summed E-state index contributed by atoms with van der Waals surface area (Å²) in [6, 6.07) is 13.6. The molecule has 1 heterocycles. The Morgan fingerprint density at radius 3 is 2.87 bits per heavy atom. The van der Waals surface area contributed by atoms with Crippen molar-refractivity contribution in [3.8, 4) is 5.75 Å². The van der Waals surface area contributed by atoms with Crippen LogP contribution in [0.1, 0.15) is 12.0 Å². The summed E-state index contributed by atoms with van der Waals surface area (Å²) in [6.07, 6.45) is 2.46. The molecule has 0 atom stereocenters. The minimum Gasteiger partial charge on any atom is -0.493 e. The van der Waals surface area contributed by atoms with Gasteiger partial charge in [0, 0.05) is 17.0 Å². The molecule has 0 aliphatic heterocycles. The maximum atomic E-state index is 5.94. The average molecular weight is 328 g/mol. The second kappa shape index (κ2) is 7.29. The van der Waals surface area contributed by atoms with Crippen LogP contribution in [0.5, 0.6) is 5.75 Å². The van der Waals surface area contributed by atoms with Crippen molar-refractivity contribution in [2.45, 2.75) is 13.3 Å². The highest BCUT2D eigenvalue weighted by Crippen LogP contribution is 2.22. The normalized spacial score (nSPS) is 10.7. The summed E-state index contributed by atoms with van der Waals surface area (Å²) in [7, 11) is 0. The van der Waals surface area contributed by atoms with E-state index in [9.17, 15) is 0 Å². The number of ether oxygens (including phenoxy) is 1. The molecule has 23 heavy (non-hydrogen) atoms. The number of aromatic nitrogens is 2. The molecule has 0 aliphatic rings. The van der Waals surface area contributed by atoms with E-state index >= 15 is 0 Å². The number of fused-ring (bicyclic) bond motifs is 1. The van der Waals surface area contributed by atoms with E-state index in [0.29, 0.717) is 6.61 Å². The second-order valence-electron chi connectivity index (χ2n) is 5.28. The Kier molecular flexibility index (Phi) is 4.93. The fourth-order valence-corrected chi connectivity index (χ4v) is 2.61. The standard InChI is InChI=1S/C18H18ClN3O/c1-13-11-14(19)7-8-17(13)23-10-4-9-20-18-15-5-2-3-6-16(15)21-12-22-18/h2-3,5-8,11-12H,4,9-10H2,1H3,(H,20,21,22). The minimum atomic E-state index is 0.637. The molecule has 0 fully saturated rings. The third kappa shape index (κ3) is 3.90. The molecule has 4 nitrogen and oxygen atoms in total. The van der Waals surface area contributed by atoms with Gasteiger partial charge in [0.15, 0.2) is 0 Å².